The quantitative estimate of drug-likeness (QED) is 0.147. The molecule has 2 atom stereocenters. The lowest BCUT2D eigenvalue weighted by molar-refractivity contribution is -0.177. The summed E-state index contributed by atoms with van der Waals surface area (Å²) in [7, 11) is 0. The summed E-state index contributed by atoms with van der Waals surface area (Å²) in [6.45, 7) is 4.38. The van der Waals surface area contributed by atoms with Crippen LogP contribution in [0.1, 0.15) is 63.0 Å². The van der Waals surface area contributed by atoms with E-state index in [0.29, 0.717) is 17.2 Å². The zero-order valence-electron chi connectivity index (χ0n) is 26.7. The molecule has 1 fully saturated rings. The van der Waals surface area contributed by atoms with E-state index in [0.717, 1.165) is 56.1 Å². The van der Waals surface area contributed by atoms with Crippen molar-refractivity contribution >= 4 is 40.8 Å². The van der Waals surface area contributed by atoms with Crippen LogP contribution in [0.5, 0.6) is 0 Å². The molecule has 1 saturated carbocycles. The van der Waals surface area contributed by atoms with Crippen molar-refractivity contribution in [3.8, 4) is 22.0 Å². The van der Waals surface area contributed by atoms with Gasteiger partial charge in [0.05, 0.1) is 24.0 Å². The third kappa shape index (κ3) is 8.50. The van der Waals surface area contributed by atoms with Crippen LogP contribution in [0.25, 0.3) is 22.0 Å². The molecule has 0 radical (unpaired) electrons. The summed E-state index contributed by atoms with van der Waals surface area (Å²) < 4.78 is 47.5. The average Bonchev–Trinajstić information content (AvgIpc) is 3.84. The van der Waals surface area contributed by atoms with Crippen LogP contribution in [0.2, 0.25) is 0 Å². The first kappa shape index (κ1) is 35.2. The zero-order valence-corrected chi connectivity index (χ0v) is 27.5. The van der Waals surface area contributed by atoms with Gasteiger partial charge in [-0.25, -0.2) is 23.8 Å². The Balaban J connectivity index is 1.29. The first-order chi connectivity index (χ1) is 23.4. The molecule has 49 heavy (non-hydrogen) atoms. The largest absolute Gasteiger partial charge is 0.481 e. The molecule has 1 amide bonds. The Bertz CT molecular complexity index is 1840. The van der Waals surface area contributed by atoms with E-state index in [1.165, 1.54) is 29.4 Å². The predicted molar refractivity (Wildman–Crippen MR) is 168 cm³/mol. The number of nitrogens with zero attached hydrogens (tertiary/aromatic N) is 6. The van der Waals surface area contributed by atoms with E-state index in [1.54, 1.807) is 10.9 Å². The molecule has 2 N–H and O–H groups in total. The molecule has 15 nitrogen and oxygen atoms in total. The van der Waals surface area contributed by atoms with E-state index in [4.69, 9.17) is 14.2 Å². The number of hydrogen-bond donors (Lipinski definition) is 2. The topological polar surface area (TPSA) is 190 Å². The van der Waals surface area contributed by atoms with E-state index < -0.39 is 54.3 Å². The summed E-state index contributed by atoms with van der Waals surface area (Å²) in [5.41, 5.74) is 0.243. The molecule has 1 aliphatic rings. The number of nitrogens with one attached hydrogen (secondary N) is 1. The van der Waals surface area contributed by atoms with Gasteiger partial charge in [0.25, 0.3) is 5.91 Å². The molecule has 0 aliphatic heterocycles. The summed E-state index contributed by atoms with van der Waals surface area (Å²) in [6, 6.07) is 1.79. The summed E-state index contributed by atoms with van der Waals surface area (Å²) in [4.78, 5) is 56.6. The van der Waals surface area contributed by atoms with Crippen LogP contribution in [-0.2, 0) is 35.3 Å². The van der Waals surface area contributed by atoms with Crippen molar-refractivity contribution in [3.05, 3.63) is 53.6 Å². The second kappa shape index (κ2) is 15.4. The molecule has 0 unspecified atom stereocenters. The van der Waals surface area contributed by atoms with E-state index >= 15 is 0 Å². The molecule has 5 rings (SSSR count). The van der Waals surface area contributed by atoms with Crippen molar-refractivity contribution < 1.29 is 47.3 Å². The van der Waals surface area contributed by atoms with E-state index in [1.807, 2.05) is 6.92 Å². The highest BCUT2D eigenvalue weighted by Gasteiger charge is 2.34. The monoisotopic (exact) mass is 701 g/mol. The molecule has 1 aliphatic carbocycles. The van der Waals surface area contributed by atoms with Gasteiger partial charge in [0.1, 0.15) is 28.0 Å². The number of anilines is 1. The van der Waals surface area contributed by atoms with E-state index in [9.17, 15) is 33.1 Å². The Hall–Kier alpha value is -5.10. The Kier molecular flexibility index (Phi) is 11.1. The maximum Gasteiger partial charge on any atom is 0.350 e. The number of aromatic nitrogens is 6. The first-order valence-corrected chi connectivity index (χ1v) is 16.2. The lowest BCUT2D eigenvalue weighted by Crippen LogP contribution is -2.38. The van der Waals surface area contributed by atoms with Gasteiger partial charge in [0, 0.05) is 36.9 Å². The predicted octanol–water partition coefficient (Wildman–Crippen LogP) is 4.47. The van der Waals surface area contributed by atoms with Crippen molar-refractivity contribution in [2.75, 3.05) is 11.9 Å². The zero-order chi connectivity index (χ0) is 35.2. The number of esters is 2. The highest BCUT2D eigenvalue weighted by atomic mass is 32.1. The lowest BCUT2D eigenvalue weighted by Gasteiger charge is -2.28. The second-order valence-corrected chi connectivity index (χ2v) is 12.1. The number of thiazole rings is 1. The molecular weight excluding hydrogens is 668 g/mol. The SMILES string of the molecule is CCO[C@H]1CC[C@H](n2cc(NC(=O)c3csc(-c4cnn(COC(=O)[C@@H](OC(C)=O)[C@@H](C)C(=O)O)c4)n3)c(-c3nc(F)ccc3F)n2)CC1. The van der Waals surface area contributed by atoms with Gasteiger partial charge in [0.2, 0.25) is 12.1 Å². The summed E-state index contributed by atoms with van der Waals surface area (Å²) >= 11 is 1.12. The number of aliphatic carboxylic acids is 1. The average molecular weight is 702 g/mol. The maximum atomic E-state index is 14.8. The number of carboxylic acid groups (broad SMARTS) is 1. The van der Waals surface area contributed by atoms with Gasteiger partial charge in [-0.15, -0.1) is 11.3 Å². The fourth-order valence-corrected chi connectivity index (χ4v) is 6.03. The minimum atomic E-state index is -1.65. The van der Waals surface area contributed by atoms with Gasteiger partial charge in [-0.3, -0.25) is 19.1 Å². The fourth-order valence-electron chi connectivity index (χ4n) is 5.26. The number of pyridine rings is 1. The third-order valence-corrected chi connectivity index (χ3v) is 8.65. The van der Waals surface area contributed by atoms with Crippen LogP contribution < -0.4 is 5.32 Å². The Labute approximate surface area is 282 Å². The molecule has 4 aromatic rings. The van der Waals surface area contributed by atoms with E-state index in [2.05, 4.69) is 25.5 Å². The first-order valence-electron chi connectivity index (χ1n) is 15.3. The van der Waals surface area contributed by atoms with E-state index in [-0.39, 0.29) is 34.9 Å². The van der Waals surface area contributed by atoms with Crippen LogP contribution in [-0.4, -0.2) is 77.3 Å². The molecule has 0 aromatic carbocycles. The standard InChI is InChI=1S/C31H33F2N7O8S/c1-4-46-20-7-5-19(6-8-20)40-13-22(26(38-40)25-21(32)9-10-24(33)37-25)35-28(42)23-14-49-29(36-23)18-11-34-39(12-18)15-47-31(45)27(48-17(3)41)16(2)30(43)44/h9-14,16,19-20,27H,4-8,15H2,1-3H3,(H,35,42)(H,43,44)/t16-,19-,20-,27+/m1/s1. The van der Waals surface area contributed by atoms with Gasteiger partial charge in [0.15, 0.2) is 12.5 Å². The molecular formula is C31H33F2N7O8S. The van der Waals surface area contributed by atoms with Crippen molar-refractivity contribution in [2.45, 2.75) is 71.4 Å². The molecule has 0 bridgehead atoms. The number of carbonyl (C=O) groups excluding carboxylic acids is 3. The Morgan fingerprint density at radius 2 is 1.86 bits per heavy atom. The Morgan fingerprint density at radius 3 is 2.55 bits per heavy atom. The second-order valence-electron chi connectivity index (χ2n) is 11.2. The van der Waals surface area contributed by atoms with Gasteiger partial charge >= 0.3 is 17.9 Å². The number of carbonyl (C=O) groups is 4. The number of amides is 1. The molecule has 4 heterocycles. The normalized spacial score (nSPS) is 17.2. The highest BCUT2D eigenvalue weighted by Crippen LogP contribution is 2.35. The molecule has 18 heteroatoms. The Morgan fingerprint density at radius 1 is 1.10 bits per heavy atom. The fraction of sp³-hybridized carbons (Fsp3) is 0.419. The van der Waals surface area contributed by atoms with Crippen molar-refractivity contribution in [1.29, 1.82) is 0 Å². The van der Waals surface area contributed by atoms with Gasteiger partial charge in [-0.1, -0.05) is 0 Å². The molecule has 0 saturated heterocycles. The summed E-state index contributed by atoms with van der Waals surface area (Å²) in [5.74, 6) is -6.95. The number of ether oxygens (including phenoxy) is 3. The van der Waals surface area contributed by atoms with Crippen LogP contribution in [0.4, 0.5) is 14.5 Å². The molecule has 260 valence electrons. The van der Waals surface area contributed by atoms with Crippen LogP contribution in [0, 0.1) is 17.7 Å². The summed E-state index contributed by atoms with van der Waals surface area (Å²) in [6.07, 6.45) is 6.07. The maximum absolute atomic E-state index is 14.8. The summed E-state index contributed by atoms with van der Waals surface area (Å²) in [5, 5.41) is 22.5. The molecule has 4 aromatic heterocycles. The minimum absolute atomic E-state index is 0.0228. The van der Waals surface area contributed by atoms with Crippen molar-refractivity contribution in [1.82, 2.24) is 29.5 Å². The van der Waals surface area contributed by atoms with Crippen LogP contribution >= 0.6 is 11.3 Å². The van der Waals surface area contributed by atoms with Crippen molar-refractivity contribution in [2.24, 2.45) is 5.92 Å². The van der Waals surface area contributed by atoms with Gasteiger partial charge in [-0.05, 0) is 51.7 Å². The third-order valence-electron chi connectivity index (χ3n) is 7.76. The van der Waals surface area contributed by atoms with Gasteiger partial charge in [-0.2, -0.15) is 14.6 Å². The van der Waals surface area contributed by atoms with Crippen molar-refractivity contribution in [3.63, 3.8) is 0 Å². The number of hydrogen-bond acceptors (Lipinski definition) is 12. The molecule has 0 spiro atoms. The smallest absolute Gasteiger partial charge is 0.350 e. The highest BCUT2D eigenvalue weighted by molar-refractivity contribution is 7.13. The number of halogens is 2. The number of rotatable bonds is 13. The number of carboxylic acids is 1. The van der Waals surface area contributed by atoms with Gasteiger partial charge < -0.3 is 24.6 Å². The lowest BCUT2D eigenvalue weighted by atomic mass is 9.93. The van der Waals surface area contributed by atoms with Crippen LogP contribution in [0.3, 0.4) is 0 Å². The minimum Gasteiger partial charge on any atom is -0.481 e. The van der Waals surface area contributed by atoms with Crippen LogP contribution in [0.15, 0.2) is 36.1 Å².